The number of carbonyl (C=O) groups is 2. The van der Waals surface area contributed by atoms with Crippen molar-refractivity contribution in [3.63, 3.8) is 0 Å². The zero-order chi connectivity index (χ0) is 17.9. The summed E-state index contributed by atoms with van der Waals surface area (Å²) in [5, 5.41) is 2.38. The minimum absolute atomic E-state index is 0.00928. The fourth-order valence-corrected chi connectivity index (χ4v) is 2.07. The van der Waals surface area contributed by atoms with Crippen molar-refractivity contribution in [2.24, 2.45) is 0 Å². The monoisotopic (exact) mass is 337 g/mol. The van der Waals surface area contributed by atoms with Crippen LogP contribution < -0.4 is 5.32 Å². The van der Waals surface area contributed by atoms with Gasteiger partial charge in [0, 0.05) is 11.3 Å². The zero-order valence-corrected chi connectivity index (χ0v) is 12.9. The summed E-state index contributed by atoms with van der Waals surface area (Å²) < 4.78 is 42.7. The quantitative estimate of drug-likeness (QED) is 0.860. The van der Waals surface area contributed by atoms with Gasteiger partial charge in [-0.05, 0) is 42.8 Å². The van der Waals surface area contributed by atoms with Gasteiger partial charge in [0.15, 0.2) is 0 Å². The fourth-order valence-electron chi connectivity index (χ4n) is 2.07. The van der Waals surface area contributed by atoms with Crippen LogP contribution in [-0.2, 0) is 10.9 Å². The molecular weight excluding hydrogens is 323 g/mol. The highest BCUT2D eigenvalue weighted by atomic mass is 19.4. The van der Waals surface area contributed by atoms with E-state index in [1.807, 2.05) is 0 Å². The molecule has 7 heteroatoms. The minimum atomic E-state index is -4.50. The number of nitrogens with one attached hydrogen (secondary N) is 1. The summed E-state index contributed by atoms with van der Waals surface area (Å²) >= 11 is 0. The molecular formula is C17H14F3NO3. The van der Waals surface area contributed by atoms with E-state index in [1.165, 1.54) is 31.4 Å². The summed E-state index contributed by atoms with van der Waals surface area (Å²) in [7, 11) is 1.22. The largest absolute Gasteiger partial charge is 0.465 e. The van der Waals surface area contributed by atoms with Crippen LogP contribution in [0.2, 0.25) is 0 Å². The fraction of sp³-hybridized carbons (Fsp3) is 0.176. The van der Waals surface area contributed by atoms with Crippen LogP contribution >= 0.6 is 0 Å². The predicted octanol–water partition coefficient (Wildman–Crippen LogP) is 4.05. The third kappa shape index (κ3) is 3.92. The van der Waals surface area contributed by atoms with Crippen LogP contribution in [0, 0.1) is 6.92 Å². The Labute approximate surface area is 136 Å². The molecule has 0 aliphatic carbocycles. The van der Waals surface area contributed by atoms with Crippen molar-refractivity contribution in [2.75, 3.05) is 12.4 Å². The lowest BCUT2D eigenvalue weighted by atomic mass is 10.0. The number of esters is 1. The van der Waals surface area contributed by atoms with Gasteiger partial charge >= 0.3 is 12.1 Å². The number of rotatable bonds is 3. The van der Waals surface area contributed by atoms with Gasteiger partial charge in [0.25, 0.3) is 5.91 Å². The molecule has 0 aromatic heterocycles. The van der Waals surface area contributed by atoms with Gasteiger partial charge in [0.2, 0.25) is 0 Å². The normalized spacial score (nSPS) is 11.0. The van der Waals surface area contributed by atoms with E-state index >= 15 is 0 Å². The van der Waals surface area contributed by atoms with Gasteiger partial charge in [-0.25, -0.2) is 4.79 Å². The molecule has 0 unspecified atom stereocenters. The molecule has 4 nitrogen and oxygen atoms in total. The first-order valence-corrected chi connectivity index (χ1v) is 6.90. The molecule has 0 spiro atoms. The first-order valence-electron chi connectivity index (χ1n) is 6.90. The summed E-state index contributed by atoms with van der Waals surface area (Å²) in [6.45, 7) is 1.68. The van der Waals surface area contributed by atoms with E-state index in [1.54, 1.807) is 13.0 Å². The van der Waals surface area contributed by atoms with Crippen molar-refractivity contribution in [1.82, 2.24) is 0 Å². The maximum atomic E-state index is 12.7. The Balaban J connectivity index is 2.26. The number of hydrogen-bond acceptors (Lipinski definition) is 3. The first kappa shape index (κ1) is 17.5. The third-order valence-corrected chi connectivity index (χ3v) is 3.35. The highest BCUT2D eigenvalue weighted by Gasteiger charge is 2.30. The van der Waals surface area contributed by atoms with Gasteiger partial charge in [0.1, 0.15) is 0 Å². The number of anilines is 1. The molecule has 2 rings (SSSR count). The molecule has 0 fully saturated rings. The predicted molar refractivity (Wildman–Crippen MR) is 81.9 cm³/mol. The second-order valence-electron chi connectivity index (χ2n) is 5.05. The second-order valence-corrected chi connectivity index (χ2v) is 5.05. The van der Waals surface area contributed by atoms with Gasteiger partial charge in [-0.2, -0.15) is 13.2 Å². The molecule has 0 saturated heterocycles. The Morgan fingerprint density at radius 1 is 1.08 bits per heavy atom. The van der Waals surface area contributed by atoms with Crippen molar-refractivity contribution >= 4 is 17.6 Å². The summed E-state index contributed by atoms with van der Waals surface area (Å²) in [4.78, 5) is 23.8. The van der Waals surface area contributed by atoms with E-state index < -0.39 is 23.6 Å². The molecule has 0 radical (unpaired) electrons. The van der Waals surface area contributed by atoms with Crippen molar-refractivity contribution < 1.29 is 27.5 Å². The second kappa shape index (κ2) is 6.74. The smallest absolute Gasteiger partial charge is 0.416 e. The number of hydrogen-bond donors (Lipinski definition) is 1. The van der Waals surface area contributed by atoms with Crippen molar-refractivity contribution in [3.05, 3.63) is 64.7 Å². The molecule has 0 saturated carbocycles. The SMILES string of the molecule is COC(=O)c1cc(C(=O)Nc2cccc(C(F)(F)F)c2)ccc1C. The standard InChI is InChI=1S/C17H14F3NO3/c1-10-6-7-11(8-14(10)16(23)24-2)15(22)21-13-5-3-4-12(9-13)17(18,19)20/h3-9H,1-2H3,(H,21,22). The number of methoxy groups -OCH3 is 1. The van der Waals surface area contributed by atoms with Crippen LogP contribution in [-0.4, -0.2) is 19.0 Å². The van der Waals surface area contributed by atoms with Crippen LogP contribution in [0.3, 0.4) is 0 Å². The lowest BCUT2D eigenvalue weighted by Gasteiger charge is -2.11. The Bertz CT molecular complexity index is 785. The number of carbonyl (C=O) groups excluding carboxylic acids is 2. The zero-order valence-electron chi connectivity index (χ0n) is 12.9. The lowest BCUT2D eigenvalue weighted by Crippen LogP contribution is -2.14. The minimum Gasteiger partial charge on any atom is -0.465 e. The van der Waals surface area contributed by atoms with Crippen molar-refractivity contribution in [1.29, 1.82) is 0 Å². The number of amides is 1. The Morgan fingerprint density at radius 2 is 1.79 bits per heavy atom. The van der Waals surface area contributed by atoms with Gasteiger partial charge < -0.3 is 10.1 Å². The Kier molecular flexibility index (Phi) is 4.92. The van der Waals surface area contributed by atoms with Crippen LogP contribution in [0.4, 0.5) is 18.9 Å². The average molecular weight is 337 g/mol. The topological polar surface area (TPSA) is 55.4 Å². The van der Waals surface area contributed by atoms with E-state index in [4.69, 9.17) is 0 Å². The van der Waals surface area contributed by atoms with Crippen LogP contribution in [0.5, 0.6) is 0 Å². The molecule has 0 aliphatic heterocycles. The molecule has 2 aromatic rings. The number of ether oxygens (including phenoxy) is 1. The third-order valence-electron chi connectivity index (χ3n) is 3.35. The van der Waals surface area contributed by atoms with Crippen molar-refractivity contribution in [2.45, 2.75) is 13.1 Å². The molecule has 1 amide bonds. The number of aryl methyl sites for hydroxylation is 1. The molecule has 1 N–H and O–H groups in total. The van der Waals surface area contributed by atoms with Crippen LogP contribution in [0.15, 0.2) is 42.5 Å². The molecule has 0 atom stereocenters. The average Bonchev–Trinajstić information content (AvgIpc) is 2.54. The highest BCUT2D eigenvalue weighted by Crippen LogP contribution is 2.30. The molecule has 0 aliphatic rings. The number of halogens is 3. The Hall–Kier alpha value is -2.83. The van der Waals surface area contributed by atoms with Crippen molar-refractivity contribution in [3.8, 4) is 0 Å². The van der Waals surface area contributed by atoms with Crippen LogP contribution in [0.25, 0.3) is 0 Å². The highest BCUT2D eigenvalue weighted by molar-refractivity contribution is 6.06. The molecule has 0 heterocycles. The van der Waals surface area contributed by atoms with E-state index in [0.29, 0.717) is 5.56 Å². The molecule has 24 heavy (non-hydrogen) atoms. The molecule has 126 valence electrons. The summed E-state index contributed by atoms with van der Waals surface area (Å²) in [5.41, 5.74) is 0.125. The maximum Gasteiger partial charge on any atom is 0.416 e. The van der Waals surface area contributed by atoms with Gasteiger partial charge in [0.05, 0.1) is 18.2 Å². The molecule has 0 bridgehead atoms. The Morgan fingerprint density at radius 3 is 2.42 bits per heavy atom. The van der Waals surface area contributed by atoms with Gasteiger partial charge in [-0.15, -0.1) is 0 Å². The van der Waals surface area contributed by atoms with E-state index in [9.17, 15) is 22.8 Å². The lowest BCUT2D eigenvalue weighted by molar-refractivity contribution is -0.137. The van der Waals surface area contributed by atoms with Gasteiger partial charge in [-0.1, -0.05) is 12.1 Å². The summed E-state index contributed by atoms with van der Waals surface area (Å²) in [5.74, 6) is -1.22. The first-order chi connectivity index (χ1) is 11.2. The summed E-state index contributed by atoms with van der Waals surface area (Å²) in [6, 6.07) is 8.68. The maximum absolute atomic E-state index is 12.7. The number of alkyl halides is 3. The van der Waals surface area contributed by atoms with E-state index in [0.717, 1.165) is 12.1 Å². The van der Waals surface area contributed by atoms with E-state index in [-0.39, 0.29) is 16.8 Å². The summed E-state index contributed by atoms with van der Waals surface area (Å²) in [6.07, 6.45) is -4.50. The van der Waals surface area contributed by atoms with E-state index in [2.05, 4.69) is 10.1 Å². The van der Waals surface area contributed by atoms with Gasteiger partial charge in [-0.3, -0.25) is 4.79 Å². The molecule has 2 aromatic carbocycles. The number of benzene rings is 2. The van der Waals surface area contributed by atoms with Crippen LogP contribution in [0.1, 0.15) is 31.8 Å².